The number of hydrogen-bond acceptors (Lipinski definition) is 2. The van der Waals surface area contributed by atoms with Crippen molar-refractivity contribution in [1.82, 2.24) is 0 Å². The van der Waals surface area contributed by atoms with Gasteiger partial charge in [0.05, 0.1) is 6.10 Å². The highest BCUT2D eigenvalue weighted by Crippen LogP contribution is 2.32. The molecule has 1 rings (SSSR count). The molecule has 1 atom stereocenters. The van der Waals surface area contributed by atoms with Gasteiger partial charge in [-0.25, -0.2) is 0 Å². The summed E-state index contributed by atoms with van der Waals surface area (Å²) in [4.78, 5) is 0. The van der Waals surface area contributed by atoms with Crippen molar-refractivity contribution in [2.24, 2.45) is 0 Å². The highest BCUT2D eigenvalue weighted by atomic mass is 19.3. The number of halogens is 2. The number of aliphatic hydroxyl groups excluding tert-OH is 2. The van der Waals surface area contributed by atoms with Crippen LogP contribution in [0, 0.1) is 6.92 Å². The molecule has 1 aromatic carbocycles. The van der Waals surface area contributed by atoms with Crippen molar-refractivity contribution in [3.05, 3.63) is 42.3 Å². The van der Waals surface area contributed by atoms with Gasteiger partial charge < -0.3 is 10.2 Å². The molecule has 2 N–H and O–H groups in total. The first-order chi connectivity index (χ1) is 6.49. The maximum absolute atomic E-state index is 13.1. The van der Waals surface area contributed by atoms with E-state index in [1.54, 1.807) is 0 Å². The van der Waals surface area contributed by atoms with Crippen molar-refractivity contribution in [2.45, 2.75) is 12.0 Å². The van der Waals surface area contributed by atoms with Gasteiger partial charge in [0.25, 0.3) is 5.92 Å². The smallest absolute Gasteiger partial charge is 0.296 e. The van der Waals surface area contributed by atoms with Crippen LogP contribution in [-0.2, 0) is 5.92 Å². The van der Waals surface area contributed by atoms with Crippen LogP contribution in [0.25, 0.3) is 0 Å². The number of aliphatic hydroxyl groups is 2. The van der Waals surface area contributed by atoms with Crippen molar-refractivity contribution < 1.29 is 19.0 Å². The van der Waals surface area contributed by atoms with E-state index in [1.165, 1.54) is 24.3 Å². The Kier molecular flexibility index (Phi) is 3.18. The van der Waals surface area contributed by atoms with Gasteiger partial charge in [-0.2, -0.15) is 8.78 Å². The Morgan fingerprint density at radius 2 is 1.93 bits per heavy atom. The molecule has 0 amide bonds. The maximum atomic E-state index is 13.1. The molecule has 0 heterocycles. The second-order valence-corrected chi connectivity index (χ2v) is 2.97. The van der Waals surface area contributed by atoms with E-state index in [9.17, 15) is 8.78 Å². The minimum atomic E-state index is -3.34. The molecule has 1 aromatic rings. The van der Waals surface area contributed by atoms with Crippen LogP contribution in [0.2, 0.25) is 0 Å². The Labute approximate surface area is 80.8 Å². The number of alkyl halides is 2. The van der Waals surface area contributed by atoms with Gasteiger partial charge in [0.1, 0.15) is 6.61 Å². The van der Waals surface area contributed by atoms with Gasteiger partial charge in [0.2, 0.25) is 0 Å². The predicted octanol–water partition coefficient (Wildman–Crippen LogP) is 1.64. The van der Waals surface area contributed by atoms with Crippen LogP contribution in [-0.4, -0.2) is 16.8 Å². The Morgan fingerprint density at radius 1 is 1.36 bits per heavy atom. The molecule has 77 valence electrons. The first-order valence-corrected chi connectivity index (χ1v) is 4.08. The highest BCUT2D eigenvalue weighted by molar-refractivity contribution is 5.33. The van der Waals surface area contributed by atoms with E-state index >= 15 is 0 Å². The van der Waals surface area contributed by atoms with E-state index in [-0.39, 0.29) is 11.1 Å². The van der Waals surface area contributed by atoms with Gasteiger partial charge in [-0.3, -0.25) is 0 Å². The van der Waals surface area contributed by atoms with Crippen molar-refractivity contribution in [3.63, 3.8) is 0 Å². The van der Waals surface area contributed by atoms with Crippen LogP contribution in [0.3, 0.4) is 0 Å². The largest absolute Gasteiger partial charge is 0.390 e. The van der Waals surface area contributed by atoms with Crippen molar-refractivity contribution in [2.75, 3.05) is 6.61 Å². The summed E-state index contributed by atoms with van der Waals surface area (Å²) in [5.41, 5.74) is -0.350. The zero-order valence-corrected chi connectivity index (χ0v) is 7.45. The fourth-order valence-electron chi connectivity index (χ4n) is 1.21. The lowest BCUT2D eigenvalue weighted by Gasteiger charge is -2.18. The zero-order valence-electron chi connectivity index (χ0n) is 7.45. The molecule has 0 aliphatic rings. The predicted molar refractivity (Wildman–Crippen MR) is 47.7 cm³/mol. The molecule has 1 radical (unpaired) electrons. The third-order valence-electron chi connectivity index (χ3n) is 1.91. The van der Waals surface area contributed by atoms with Crippen LogP contribution < -0.4 is 0 Å². The van der Waals surface area contributed by atoms with E-state index in [0.717, 1.165) is 0 Å². The number of benzene rings is 1. The summed E-state index contributed by atoms with van der Waals surface area (Å²) in [5, 5.41) is 17.6. The van der Waals surface area contributed by atoms with Crippen molar-refractivity contribution >= 4 is 0 Å². The molecule has 0 spiro atoms. The average molecular weight is 201 g/mol. The molecule has 14 heavy (non-hydrogen) atoms. The van der Waals surface area contributed by atoms with Crippen LogP contribution in [0.15, 0.2) is 24.3 Å². The molecule has 0 fully saturated rings. The van der Waals surface area contributed by atoms with Crippen LogP contribution in [0.1, 0.15) is 17.2 Å². The Balaban J connectivity index is 3.20. The fraction of sp³-hybridized carbons (Fsp3) is 0.300. The standard InChI is InChI=1S/C10H11F2O2/c1-7(14)8-4-2-3-5-9(8)10(11,12)6-13/h2-5,7,13-14H,1,6H2. The maximum Gasteiger partial charge on any atom is 0.296 e. The Hall–Kier alpha value is -1.00. The van der Waals surface area contributed by atoms with E-state index in [2.05, 4.69) is 6.92 Å². The van der Waals surface area contributed by atoms with Crippen molar-refractivity contribution in [3.8, 4) is 0 Å². The van der Waals surface area contributed by atoms with Gasteiger partial charge in [-0.1, -0.05) is 24.3 Å². The van der Waals surface area contributed by atoms with E-state index in [1.807, 2.05) is 0 Å². The van der Waals surface area contributed by atoms with Gasteiger partial charge in [0, 0.05) is 5.56 Å². The zero-order chi connectivity index (χ0) is 10.8. The number of hydrogen-bond donors (Lipinski definition) is 2. The Morgan fingerprint density at radius 3 is 2.43 bits per heavy atom. The topological polar surface area (TPSA) is 40.5 Å². The van der Waals surface area contributed by atoms with E-state index in [4.69, 9.17) is 10.2 Å². The minimum Gasteiger partial charge on any atom is -0.390 e. The third kappa shape index (κ3) is 2.08. The third-order valence-corrected chi connectivity index (χ3v) is 1.91. The van der Waals surface area contributed by atoms with E-state index in [0.29, 0.717) is 0 Å². The van der Waals surface area contributed by atoms with Crippen LogP contribution in [0.4, 0.5) is 8.78 Å². The summed E-state index contributed by atoms with van der Waals surface area (Å²) >= 11 is 0. The summed E-state index contributed by atoms with van der Waals surface area (Å²) in [5.74, 6) is -3.34. The Bertz CT molecular complexity index is 311. The van der Waals surface area contributed by atoms with Gasteiger partial charge in [-0.05, 0) is 12.5 Å². The first-order valence-electron chi connectivity index (χ1n) is 4.08. The van der Waals surface area contributed by atoms with Crippen molar-refractivity contribution in [1.29, 1.82) is 0 Å². The van der Waals surface area contributed by atoms with E-state index < -0.39 is 18.6 Å². The lowest BCUT2D eigenvalue weighted by Crippen LogP contribution is -2.21. The quantitative estimate of drug-likeness (QED) is 0.780. The lowest BCUT2D eigenvalue weighted by molar-refractivity contribution is -0.0573. The normalized spacial score (nSPS) is 14.1. The minimum absolute atomic E-state index is 0.0338. The monoisotopic (exact) mass is 201 g/mol. The molecule has 0 saturated heterocycles. The van der Waals surface area contributed by atoms with Gasteiger partial charge in [-0.15, -0.1) is 0 Å². The number of rotatable bonds is 3. The molecule has 0 bridgehead atoms. The summed E-state index contributed by atoms with van der Waals surface area (Å²) in [6.07, 6.45) is -1.22. The first kappa shape index (κ1) is 11.1. The SMILES string of the molecule is [CH2]C(O)c1ccccc1C(F)(F)CO. The lowest BCUT2D eigenvalue weighted by atomic mass is 9.98. The molecule has 0 saturated carbocycles. The second-order valence-electron chi connectivity index (χ2n) is 2.97. The fourth-order valence-corrected chi connectivity index (χ4v) is 1.21. The molecule has 4 heteroatoms. The summed E-state index contributed by atoms with van der Waals surface area (Å²) in [6, 6.07) is 5.47. The van der Waals surface area contributed by atoms with Crippen LogP contribution in [0.5, 0.6) is 0 Å². The van der Waals surface area contributed by atoms with Gasteiger partial charge >= 0.3 is 0 Å². The molecular weight excluding hydrogens is 190 g/mol. The molecule has 0 aliphatic heterocycles. The molecular formula is C10H11F2O2. The molecule has 2 nitrogen and oxygen atoms in total. The summed E-state index contributed by atoms with van der Waals surface area (Å²) < 4.78 is 26.2. The summed E-state index contributed by atoms with van der Waals surface area (Å²) in [6.45, 7) is 1.98. The molecule has 1 unspecified atom stereocenters. The highest BCUT2D eigenvalue weighted by Gasteiger charge is 2.33. The van der Waals surface area contributed by atoms with Crippen LogP contribution >= 0.6 is 0 Å². The average Bonchev–Trinajstić information content (AvgIpc) is 2.18. The molecule has 0 aliphatic carbocycles. The molecule has 0 aromatic heterocycles. The van der Waals surface area contributed by atoms with Gasteiger partial charge in [0.15, 0.2) is 0 Å². The summed E-state index contributed by atoms with van der Waals surface area (Å²) in [7, 11) is 0. The second kappa shape index (κ2) is 4.02.